The van der Waals surface area contributed by atoms with Gasteiger partial charge >= 0.3 is 0 Å². The molecule has 1 aromatic heterocycles. The molecule has 3 aliphatic rings. The van der Waals surface area contributed by atoms with E-state index in [1.165, 1.54) is 9.47 Å². The van der Waals surface area contributed by atoms with Crippen LogP contribution >= 0.6 is 0 Å². The number of nitrogens with one attached hydrogen (secondary N) is 1. The van der Waals surface area contributed by atoms with Crippen molar-refractivity contribution in [3.05, 3.63) is 50.5 Å². The predicted octanol–water partition coefficient (Wildman–Crippen LogP) is 1.85. The van der Waals surface area contributed by atoms with Crippen LogP contribution in [0.3, 0.4) is 0 Å². The molecule has 1 aliphatic carbocycles. The molecule has 0 saturated carbocycles. The van der Waals surface area contributed by atoms with Crippen LogP contribution in [0.15, 0.2) is 28.1 Å². The number of aliphatic hydroxyl groups is 1. The Labute approximate surface area is 176 Å². The standard InChI is InChI=1S/C21H23F2N3O5/c1-3-25-8-11-6-14(27)16-15(18(28)19(29)17(21(25)31)26(11)16)20(30)24-7-12-9(2)4-10(22)5-13(12)23/h5,9,11,14,27,29H,3-4,6-8H2,1-2H3,(H,24,30). The van der Waals surface area contributed by atoms with E-state index in [4.69, 9.17) is 0 Å². The molecule has 1 aromatic rings. The quantitative estimate of drug-likeness (QED) is 0.668. The van der Waals surface area contributed by atoms with Gasteiger partial charge in [0.15, 0.2) is 11.4 Å². The van der Waals surface area contributed by atoms with Crippen LogP contribution in [0.1, 0.15) is 65.4 Å². The molecule has 3 N–H and O–H groups in total. The molecule has 3 heterocycles. The highest BCUT2D eigenvalue weighted by atomic mass is 19.1. The first-order valence-corrected chi connectivity index (χ1v) is 10.2. The van der Waals surface area contributed by atoms with Gasteiger partial charge in [-0.15, -0.1) is 0 Å². The Bertz CT molecular complexity index is 1110. The maximum absolute atomic E-state index is 14.1. The third-order valence-electron chi connectivity index (χ3n) is 6.25. The number of halogens is 2. The molecule has 8 nitrogen and oxygen atoms in total. The first kappa shape index (κ1) is 21.2. The van der Waals surface area contributed by atoms with Gasteiger partial charge in [-0.25, -0.2) is 8.78 Å². The summed E-state index contributed by atoms with van der Waals surface area (Å²) >= 11 is 0. The Morgan fingerprint density at radius 2 is 2.03 bits per heavy atom. The number of allylic oxidation sites excluding steroid dienone is 3. The Hall–Kier alpha value is -3.01. The van der Waals surface area contributed by atoms with Crippen molar-refractivity contribution in [3.8, 4) is 5.75 Å². The first-order chi connectivity index (χ1) is 14.6. The Morgan fingerprint density at radius 3 is 2.68 bits per heavy atom. The van der Waals surface area contributed by atoms with E-state index in [1.54, 1.807) is 13.8 Å². The van der Waals surface area contributed by atoms with Crippen LogP contribution in [0.2, 0.25) is 0 Å². The van der Waals surface area contributed by atoms with E-state index in [9.17, 15) is 33.4 Å². The molecular weight excluding hydrogens is 412 g/mol. The summed E-state index contributed by atoms with van der Waals surface area (Å²) in [6, 6.07) is -0.387. The van der Waals surface area contributed by atoms with Crippen molar-refractivity contribution in [3.63, 3.8) is 0 Å². The average Bonchev–Trinajstić information content (AvgIpc) is 3.01. The molecule has 4 rings (SSSR count). The second-order valence-electron chi connectivity index (χ2n) is 8.16. The first-order valence-electron chi connectivity index (χ1n) is 10.2. The van der Waals surface area contributed by atoms with Crippen molar-refractivity contribution < 1.29 is 28.6 Å². The lowest BCUT2D eigenvalue weighted by Gasteiger charge is -2.33. The molecule has 0 saturated heterocycles. The summed E-state index contributed by atoms with van der Waals surface area (Å²) in [6.07, 6.45) is -0.229. The van der Waals surface area contributed by atoms with Gasteiger partial charge in [-0.1, -0.05) is 6.92 Å². The van der Waals surface area contributed by atoms with Crippen LogP contribution in [0, 0.1) is 5.92 Å². The number of nitrogens with zero attached hydrogens (tertiary/aromatic N) is 2. The maximum Gasteiger partial charge on any atom is 0.274 e. The van der Waals surface area contributed by atoms with Gasteiger partial charge in [0.25, 0.3) is 11.8 Å². The number of pyridine rings is 1. The molecule has 10 heteroatoms. The van der Waals surface area contributed by atoms with Crippen LogP contribution in [0.25, 0.3) is 0 Å². The zero-order chi connectivity index (χ0) is 22.6. The smallest absolute Gasteiger partial charge is 0.274 e. The highest BCUT2D eigenvalue weighted by Crippen LogP contribution is 2.42. The second kappa shape index (κ2) is 7.60. The van der Waals surface area contributed by atoms with Gasteiger partial charge < -0.3 is 25.0 Å². The van der Waals surface area contributed by atoms with E-state index in [2.05, 4.69) is 5.32 Å². The number of hydrogen-bond acceptors (Lipinski definition) is 5. The average molecular weight is 435 g/mol. The Balaban J connectivity index is 1.73. The number of hydrogen-bond donors (Lipinski definition) is 3. The fraction of sp³-hybridized carbons (Fsp3) is 0.476. The number of carbonyl (C=O) groups excluding carboxylic acids is 2. The SMILES string of the molecule is CCN1CC2CC(O)c3c(C(=O)NCC4=C(F)C=C(F)CC4C)c(=O)c(O)c(n32)C1=O. The van der Waals surface area contributed by atoms with Crippen molar-refractivity contribution in [2.75, 3.05) is 19.6 Å². The zero-order valence-corrected chi connectivity index (χ0v) is 17.1. The van der Waals surface area contributed by atoms with Crippen LogP contribution in [-0.2, 0) is 0 Å². The Kier molecular flexibility index (Phi) is 5.20. The number of aromatic hydroxyl groups is 1. The van der Waals surface area contributed by atoms with Crippen LogP contribution in [0.4, 0.5) is 8.78 Å². The minimum absolute atomic E-state index is 0.00258. The molecule has 0 bridgehead atoms. The minimum atomic E-state index is -1.18. The highest BCUT2D eigenvalue weighted by molar-refractivity contribution is 6.00. The van der Waals surface area contributed by atoms with Gasteiger partial charge in [-0.3, -0.25) is 14.4 Å². The van der Waals surface area contributed by atoms with E-state index >= 15 is 0 Å². The van der Waals surface area contributed by atoms with Crippen molar-refractivity contribution in [2.45, 2.75) is 38.8 Å². The fourth-order valence-electron chi connectivity index (χ4n) is 4.68. The number of carbonyl (C=O) groups is 2. The van der Waals surface area contributed by atoms with E-state index in [0.717, 1.165) is 6.08 Å². The molecule has 2 aliphatic heterocycles. The predicted molar refractivity (Wildman–Crippen MR) is 106 cm³/mol. The molecule has 3 atom stereocenters. The number of amides is 2. The molecule has 31 heavy (non-hydrogen) atoms. The van der Waals surface area contributed by atoms with Crippen molar-refractivity contribution >= 4 is 11.8 Å². The van der Waals surface area contributed by atoms with Gasteiger partial charge in [0.05, 0.1) is 17.8 Å². The summed E-state index contributed by atoms with van der Waals surface area (Å²) in [5, 5.41) is 23.5. The summed E-state index contributed by atoms with van der Waals surface area (Å²) in [6.45, 7) is 3.76. The van der Waals surface area contributed by atoms with E-state index in [-0.39, 0.29) is 48.9 Å². The summed E-state index contributed by atoms with van der Waals surface area (Å²) < 4.78 is 28.9. The molecular formula is C21H23F2N3O5. The summed E-state index contributed by atoms with van der Waals surface area (Å²) in [7, 11) is 0. The number of rotatable bonds is 4. The third-order valence-corrected chi connectivity index (χ3v) is 6.25. The number of aliphatic hydroxyl groups excluding tert-OH is 1. The lowest BCUT2D eigenvalue weighted by molar-refractivity contribution is 0.0668. The maximum atomic E-state index is 14.1. The van der Waals surface area contributed by atoms with Crippen molar-refractivity contribution in [1.82, 2.24) is 14.8 Å². The summed E-state index contributed by atoms with van der Waals surface area (Å²) in [5.74, 6) is -4.16. The highest BCUT2D eigenvalue weighted by Gasteiger charge is 2.44. The van der Waals surface area contributed by atoms with Crippen LogP contribution in [-0.4, -0.2) is 51.1 Å². The van der Waals surface area contributed by atoms with Gasteiger partial charge in [0.2, 0.25) is 5.43 Å². The summed E-state index contributed by atoms with van der Waals surface area (Å²) in [4.78, 5) is 39.9. The van der Waals surface area contributed by atoms with Gasteiger partial charge in [-0.2, -0.15) is 0 Å². The molecule has 0 radical (unpaired) electrons. The molecule has 2 amide bonds. The van der Waals surface area contributed by atoms with Gasteiger partial charge in [-0.05, 0) is 18.4 Å². The largest absolute Gasteiger partial charge is 0.503 e. The van der Waals surface area contributed by atoms with Gasteiger partial charge in [0, 0.05) is 38.6 Å². The monoisotopic (exact) mass is 435 g/mol. The lowest BCUT2D eigenvalue weighted by Crippen LogP contribution is -2.44. The fourth-order valence-corrected chi connectivity index (χ4v) is 4.68. The molecule has 0 fully saturated rings. The Morgan fingerprint density at radius 1 is 1.32 bits per heavy atom. The lowest BCUT2D eigenvalue weighted by atomic mass is 9.91. The number of likely N-dealkylation sites (N-methyl/N-ethyl adjacent to an activating group) is 1. The van der Waals surface area contributed by atoms with Gasteiger partial charge in [0.1, 0.15) is 17.2 Å². The minimum Gasteiger partial charge on any atom is -0.503 e. The molecule has 0 spiro atoms. The summed E-state index contributed by atoms with van der Waals surface area (Å²) in [5.41, 5.74) is -1.62. The number of aromatic nitrogens is 1. The van der Waals surface area contributed by atoms with Crippen molar-refractivity contribution in [2.24, 2.45) is 5.92 Å². The van der Waals surface area contributed by atoms with E-state index < -0.39 is 52.2 Å². The molecule has 166 valence electrons. The third kappa shape index (κ3) is 3.25. The van der Waals surface area contributed by atoms with Crippen molar-refractivity contribution in [1.29, 1.82) is 0 Å². The second-order valence-corrected chi connectivity index (χ2v) is 8.16. The molecule has 0 aromatic carbocycles. The zero-order valence-electron chi connectivity index (χ0n) is 17.1. The van der Waals surface area contributed by atoms with Crippen LogP contribution in [0.5, 0.6) is 5.75 Å². The molecule has 3 unspecified atom stereocenters. The topological polar surface area (TPSA) is 112 Å². The van der Waals surface area contributed by atoms with E-state index in [1.807, 2.05) is 0 Å². The van der Waals surface area contributed by atoms with E-state index in [0.29, 0.717) is 6.54 Å². The van der Waals surface area contributed by atoms with Crippen LogP contribution < -0.4 is 10.7 Å². The normalized spacial score (nSPS) is 24.9.